The van der Waals surface area contributed by atoms with Crippen molar-refractivity contribution >= 4 is 22.6 Å². The zero-order valence-electron chi connectivity index (χ0n) is 15.6. The lowest BCUT2D eigenvalue weighted by Gasteiger charge is -2.13. The van der Waals surface area contributed by atoms with Crippen molar-refractivity contribution in [3.8, 4) is 0 Å². The number of anilines is 1. The van der Waals surface area contributed by atoms with Gasteiger partial charge in [0.2, 0.25) is 12.3 Å². The van der Waals surface area contributed by atoms with Crippen LogP contribution in [0.3, 0.4) is 0 Å². The standard InChI is InChI=1S/C20H20N4O4/c1-13-16(5-7-24(2)10-19-23-21-12-27-19)17-9-15(3-4-18(17)28-13)22-20(25)14-6-8-26-11-14/h3-4,6,8-9,11-12H,5,7,10H2,1-2H3,(H,22,25). The molecule has 0 atom stereocenters. The van der Waals surface area contributed by atoms with Crippen LogP contribution in [-0.4, -0.2) is 34.6 Å². The lowest BCUT2D eigenvalue weighted by molar-refractivity contribution is 0.102. The Morgan fingerprint density at radius 3 is 2.93 bits per heavy atom. The minimum atomic E-state index is -0.214. The summed E-state index contributed by atoms with van der Waals surface area (Å²) in [6.45, 7) is 3.33. The molecule has 1 N–H and O–H groups in total. The van der Waals surface area contributed by atoms with Crippen LogP contribution in [0.2, 0.25) is 0 Å². The molecular weight excluding hydrogens is 360 g/mol. The third-order valence-electron chi connectivity index (χ3n) is 4.59. The Morgan fingerprint density at radius 1 is 1.29 bits per heavy atom. The Bertz CT molecular complexity index is 1070. The van der Waals surface area contributed by atoms with E-state index in [4.69, 9.17) is 13.3 Å². The molecule has 3 heterocycles. The van der Waals surface area contributed by atoms with Gasteiger partial charge in [0, 0.05) is 23.2 Å². The number of furan rings is 2. The lowest BCUT2D eigenvalue weighted by atomic mass is 10.1. The molecule has 0 radical (unpaired) electrons. The number of amides is 1. The topological polar surface area (TPSA) is 97.5 Å². The molecule has 0 saturated carbocycles. The first-order chi connectivity index (χ1) is 13.6. The van der Waals surface area contributed by atoms with E-state index in [1.54, 1.807) is 6.07 Å². The summed E-state index contributed by atoms with van der Waals surface area (Å²) in [4.78, 5) is 14.4. The van der Waals surface area contributed by atoms with E-state index in [2.05, 4.69) is 20.4 Å². The normalized spacial score (nSPS) is 11.4. The molecule has 1 aromatic carbocycles. The summed E-state index contributed by atoms with van der Waals surface area (Å²) in [6.07, 6.45) is 5.01. The first kappa shape index (κ1) is 18.0. The molecule has 0 saturated heterocycles. The first-order valence-electron chi connectivity index (χ1n) is 8.89. The maximum atomic E-state index is 12.2. The van der Waals surface area contributed by atoms with E-state index < -0.39 is 0 Å². The van der Waals surface area contributed by atoms with Gasteiger partial charge in [-0.15, -0.1) is 10.2 Å². The number of nitrogens with one attached hydrogen (secondary N) is 1. The SMILES string of the molecule is Cc1oc2ccc(NC(=O)c3ccoc3)cc2c1CCN(C)Cc1nnco1. The van der Waals surface area contributed by atoms with Crippen molar-refractivity contribution in [2.45, 2.75) is 19.9 Å². The van der Waals surface area contributed by atoms with Crippen LogP contribution < -0.4 is 5.32 Å². The molecule has 4 rings (SSSR count). The summed E-state index contributed by atoms with van der Waals surface area (Å²) in [5.74, 6) is 1.24. The van der Waals surface area contributed by atoms with Crippen molar-refractivity contribution in [1.29, 1.82) is 0 Å². The Morgan fingerprint density at radius 2 is 2.18 bits per heavy atom. The Labute approximate surface area is 161 Å². The fourth-order valence-corrected chi connectivity index (χ4v) is 3.13. The highest BCUT2D eigenvalue weighted by atomic mass is 16.4. The molecule has 144 valence electrons. The molecule has 8 heteroatoms. The van der Waals surface area contributed by atoms with Crippen LogP contribution in [0.4, 0.5) is 5.69 Å². The summed E-state index contributed by atoms with van der Waals surface area (Å²) >= 11 is 0. The number of hydrogen-bond donors (Lipinski definition) is 1. The van der Waals surface area contributed by atoms with Crippen LogP contribution in [0.25, 0.3) is 11.0 Å². The van der Waals surface area contributed by atoms with Gasteiger partial charge in [0.15, 0.2) is 0 Å². The van der Waals surface area contributed by atoms with Crippen LogP contribution in [-0.2, 0) is 13.0 Å². The van der Waals surface area contributed by atoms with Crippen molar-refractivity contribution in [3.63, 3.8) is 0 Å². The van der Waals surface area contributed by atoms with E-state index in [0.29, 0.717) is 23.7 Å². The van der Waals surface area contributed by atoms with Gasteiger partial charge in [-0.2, -0.15) is 0 Å². The van der Waals surface area contributed by atoms with E-state index in [9.17, 15) is 4.79 Å². The molecule has 0 aliphatic rings. The maximum absolute atomic E-state index is 12.2. The second kappa shape index (κ2) is 7.69. The van der Waals surface area contributed by atoms with Gasteiger partial charge in [-0.1, -0.05) is 0 Å². The molecule has 1 amide bonds. The highest BCUT2D eigenvalue weighted by molar-refractivity contribution is 6.05. The molecule has 0 aliphatic carbocycles. The summed E-state index contributed by atoms with van der Waals surface area (Å²) in [6, 6.07) is 7.27. The van der Waals surface area contributed by atoms with Crippen LogP contribution in [0.15, 0.2) is 56.4 Å². The average Bonchev–Trinajstić information content (AvgIpc) is 3.41. The van der Waals surface area contributed by atoms with Gasteiger partial charge >= 0.3 is 0 Å². The molecule has 0 aliphatic heterocycles. The molecule has 0 spiro atoms. The van der Waals surface area contributed by atoms with E-state index in [-0.39, 0.29) is 5.91 Å². The molecule has 0 bridgehead atoms. The number of aromatic nitrogens is 2. The van der Waals surface area contributed by atoms with E-state index in [1.165, 1.54) is 18.9 Å². The van der Waals surface area contributed by atoms with Gasteiger partial charge < -0.3 is 18.6 Å². The summed E-state index contributed by atoms with van der Waals surface area (Å²) in [7, 11) is 2.00. The Balaban J connectivity index is 1.49. The predicted molar refractivity (Wildman–Crippen MR) is 102 cm³/mol. The number of aryl methyl sites for hydroxylation is 1. The monoisotopic (exact) mass is 380 g/mol. The minimum absolute atomic E-state index is 0.214. The fraction of sp³-hybridized carbons (Fsp3) is 0.250. The Hall–Kier alpha value is -3.39. The summed E-state index contributed by atoms with van der Waals surface area (Å²) < 4.78 is 16.0. The number of benzene rings is 1. The van der Waals surface area contributed by atoms with Crippen LogP contribution in [0, 0.1) is 6.92 Å². The quantitative estimate of drug-likeness (QED) is 0.523. The molecular formula is C20H20N4O4. The first-order valence-corrected chi connectivity index (χ1v) is 8.89. The third kappa shape index (κ3) is 3.81. The highest BCUT2D eigenvalue weighted by Gasteiger charge is 2.14. The van der Waals surface area contributed by atoms with E-state index in [1.807, 2.05) is 32.2 Å². The predicted octanol–water partition coefficient (Wildman–Crippen LogP) is 3.64. The van der Waals surface area contributed by atoms with Crippen molar-refractivity contribution in [3.05, 3.63) is 66.0 Å². The van der Waals surface area contributed by atoms with Crippen LogP contribution >= 0.6 is 0 Å². The number of rotatable bonds is 7. The lowest BCUT2D eigenvalue weighted by Crippen LogP contribution is -2.21. The van der Waals surface area contributed by atoms with Gasteiger partial charge in [-0.3, -0.25) is 9.69 Å². The Kier molecular flexibility index (Phi) is 4.94. The number of likely N-dealkylation sites (N-methyl/N-ethyl adjacent to an activating group) is 1. The van der Waals surface area contributed by atoms with Crippen molar-refractivity contribution in [1.82, 2.24) is 15.1 Å². The number of nitrogens with zero attached hydrogens (tertiary/aromatic N) is 3. The number of carbonyl (C=O) groups excluding carboxylic acids is 1. The van der Waals surface area contributed by atoms with Gasteiger partial charge in [0.05, 0.1) is 18.4 Å². The van der Waals surface area contributed by atoms with Crippen LogP contribution in [0.1, 0.15) is 27.6 Å². The third-order valence-corrected chi connectivity index (χ3v) is 4.59. The second-order valence-corrected chi connectivity index (χ2v) is 6.63. The molecule has 8 nitrogen and oxygen atoms in total. The van der Waals surface area contributed by atoms with E-state index >= 15 is 0 Å². The van der Waals surface area contributed by atoms with Gasteiger partial charge in [-0.05, 0) is 44.7 Å². The van der Waals surface area contributed by atoms with Crippen LogP contribution in [0.5, 0.6) is 0 Å². The maximum Gasteiger partial charge on any atom is 0.258 e. The molecule has 0 unspecified atom stereocenters. The molecule has 3 aromatic heterocycles. The highest BCUT2D eigenvalue weighted by Crippen LogP contribution is 2.29. The smallest absolute Gasteiger partial charge is 0.258 e. The summed E-state index contributed by atoms with van der Waals surface area (Å²) in [5, 5.41) is 11.5. The van der Waals surface area contributed by atoms with E-state index in [0.717, 1.165) is 35.3 Å². The number of carbonyl (C=O) groups is 1. The van der Waals surface area contributed by atoms with Gasteiger partial charge in [0.25, 0.3) is 5.91 Å². The average molecular weight is 380 g/mol. The fourth-order valence-electron chi connectivity index (χ4n) is 3.13. The van der Waals surface area contributed by atoms with Gasteiger partial charge in [0.1, 0.15) is 17.6 Å². The molecule has 4 aromatic rings. The zero-order valence-corrected chi connectivity index (χ0v) is 15.6. The van der Waals surface area contributed by atoms with Gasteiger partial charge in [-0.25, -0.2) is 0 Å². The largest absolute Gasteiger partial charge is 0.472 e. The number of fused-ring (bicyclic) bond motifs is 1. The molecule has 28 heavy (non-hydrogen) atoms. The summed E-state index contributed by atoms with van der Waals surface area (Å²) in [5.41, 5.74) is 3.10. The van der Waals surface area contributed by atoms with Crippen molar-refractivity contribution in [2.24, 2.45) is 0 Å². The zero-order chi connectivity index (χ0) is 19.5. The second-order valence-electron chi connectivity index (χ2n) is 6.63. The minimum Gasteiger partial charge on any atom is -0.472 e. The number of hydrogen-bond acceptors (Lipinski definition) is 7. The van der Waals surface area contributed by atoms with Crippen molar-refractivity contribution < 1.29 is 18.0 Å². The van der Waals surface area contributed by atoms with Crippen molar-refractivity contribution in [2.75, 3.05) is 18.9 Å². The molecule has 0 fully saturated rings.